The zero-order chi connectivity index (χ0) is 24.8. The van der Waals surface area contributed by atoms with E-state index in [1.807, 2.05) is 0 Å². The van der Waals surface area contributed by atoms with Gasteiger partial charge in [0.2, 0.25) is 5.91 Å². The van der Waals surface area contributed by atoms with E-state index in [0.717, 1.165) is 6.42 Å². The summed E-state index contributed by atoms with van der Waals surface area (Å²) in [7, 11) is 0. The zero-order valence-corrected chi connectivity index (χ0v) is 19.0. The second-order valence-electron chi connectivity index (χ2n) is 9.76. The summed E-state index contributed by atoms with van der Waals surface area (Å²) in [5, 5.41) is 25.6. The van der Waals surface area contributed by atoms with Gasteiger partial charge in [-0.25, -0.2) is 0 Å². The van der Waals surface area contributed by atoms with Crippen LogP contribution in [-0.2, 0) is 11.4 Å². The Hall–Kier alpha value is -3.09. The van der Waals surface area contributed by atoms with Gasteiger partial charge in [-0.2, -0.15) is 18.4 Å². The van der Waals surface area contributed by atoms with Gasteiger partial charge in [0.25, 0.3) is 0 Å². The molecule has 2 aromatic carbocycles. The van der Waals surface area contributed by atoms with Gasteiger partial charge >= 0.3 is 6.18 Å². The fraction of sp³-hybridized carbons (Fsp3) is 0.462. The Labute approximate surface area is 200 Å². The van der Waals surface area contributed by atoms with Crippen molar-refractivity contribution in [2.75, 3.05) is 0 Å². The van der Waals surface area contributed by atoms with Crippen molar-refractivity contribution in [1.29, 1.82) is 5.26 Å². The largest absolute Gasteiger partial charge is 0.456 e. The van der Waals surface area contributed by atoms with Crippen LogP contribution in [0.2, 0.25) is 0 Å². The van der Waals surface area contributed by atoms with Crippen LogP contribution in [0.3, 0.4) is 0 Å². The average molecular weight is 486 g/mol. The van der Waals surface area contributed by atoms with Crippen LogP contribution in [-0.4, -0.2) is 28.3 Å². The molecule has 1 heterocycles. The van der Waals surface area contributed by atoms with E-state index >= 15 is 0 Å². The molecule has 5 rings (SSSR count). The third-order valence-corrected chi connectivity index (χ3v) is 7.28. The van der Waals surface area contributed by atoms with Gasteiger partial charge in [0.05, 0.1) is 18.2 Å². The molecule has 3 aromatic rings. The summed E-state index contributed by atoms with van der Waals surface area (Å²) in [4.78, 5) is 13.3. The van der Waals surface area contributed by atoms with Crippen molar-refractivity contribution < 1.29 is 27.5 Å². The normalized spacial score (nSPS) is 19.9. The molecule has 3 N–H and O–H groups in total. The summed E-state index contributed by atoms with van der Waals surface area (Å²) < 4.78 is 49.0. The Bertz CT molecular complexity index is 1310. The molecule has 1 aromatic heterocycles. The van der Waals surface area contributed by atoms with Crippen LogP contribution >= 0.6 is 0 Å². The first kappa shape index (κ1) is 23.6. The number of halogens is 3. The van der Waals surface area contributed by atoms with E-state index in [1.54, 1.807) is 24.3 Å². The molecule has 184 valence electrons. The molecule has 2 aliphatic rings. The van der Waals surface area contributed by atoms with E-state index in [2.05, 4.69) is 16.7 Å². The van der Waals surface area contributed by atoms with Gasteiger partial charge in [0, 0.05) is 10.8 Å². The molecule has 1 atom stereocenters. The predicted octanol–water partition coefficient (Wildman–Crippen LogP) is 5.15. The molecule has 6 nitrogen and oxygen atoms in total. The van der Waals surface area contributed by atoms with E-state index in [9.17, 15) is 28.3 Å². The maximum absolute atomic E-state index is 14.4. The van der Waals surface area contributed by atoms with Crippen molar-refractivity contribution in [3.05, 3.63) is 47.5 Å². The number of nitriles is 1. The lowest BCUT2D eigenvalue weighted by Crippen LogP contribution is -2.62. The molecule has 0 spiro atoms. The molecule has 0 radical (unpaired) electrons. The van der Waals surface area contributed by atoms with E-state index in [1.165, 1.54) is 12.1 Å². The molecule has 2 saturated carbocycles. The summed E-state index contributed by atoms with van der Waals surface area (Å²) in [6.45, 7) is -0.155. The van der Waals surface area contributed by atoms with Crippen molar-refractivity contribution in [2.24, 2.45) is 0 Å². The van der Waals surface area contributed by atoms with Gasteiger partial charge in [0.1, 0.15) is 22.7 Å². The van der Waals surface area contributed by atoms with Crippen molar-refractivity contribution in [2.45, 2.75) is 74.8 Å². The number of amides is 1. The summed E-state index contributed by atoms with van der Waals surface area (Å²) in [5.74, 6) is -0.535. The maximum Gasteiger partial charge on any atom is 0.407 e. The van der Waals surface area contributed by atoms with Gasteiger partial charge in [0.15, 0.2) is 0 Å². The number of aliphatic hydroxyl groups is 1. The van der Waals surface area contributed by atoms with E-state index in [0.29, 0.717) is 53.2 Å². The number of carbonyl (C=O) groups is 1. The van der Waals surface area contributed by atoms with Crippen molar-refractivity contribution in [3.8, 4) is 6.07 Å². The lowest BCUT2D eigenvalue weighted by molar-refractivity contribution is -0.166. The number of rotatable bonds is 6. The third-order valence-electron chi connectivity index (χ3n) is 7.28. The number of benzene rings is 2. The minimum Gasteiger partial charge on any atom is -0.456 e. The Balaban J connectivity index is 1.52. The zero-order valence-electron chi connectivity index (χ0n) is 19.0. The number of nitrogens with zero attached hydrogens (tertiary/aromatic N) is 1. The smallest absolute Gasteiger partial charge is 0.407 e. The Morgan fingerprint density at radius 2 is 1.80 bits per heavy atom. The molecule has 1 amide bonds. The van der Waals surface area contributed by atoms with Crippen LogP contribution in [0.1, 0.15) is 62.1 Å². The first-order valence-corrected chi connectivity index (χ1v) is 11.8. The Morgan fingerprint density at radius 1 is 1.06 bits per heavy atom. The van der Waals surface area contributed by atoms with Crippen LogP contribution in [0.4, 0.5) is 13.2 Å². The average Bonchev–Trinajstić information content (AvgIpc) is 3.53. The standard InChI is InChI=1S/C26H26F3N3O3/c27-26(28,29)22(31-25(8-2-1-3-9-25)23(34)32-24(15-30)10-11-24)17-5-6-18-19-12-16(14-33)4-7-20(19)35-21(18)13-17/h4-7,12-13,22,31,33H,1-3,8-11,14H2,(H,32,34). The van der Waals surface area contributed by atoms with E-state index in [-0.39, 0.29) is 25.0 Å². The van der Waals surface area contributed by atoms with Crippen LogP contribution in [0.25, 0.3) is 21.9 Å². The summed E-state index contributed by atoms with van der Waals surface area (Å²) >= 11 is 0. The fourth-order valence-corrected chi connectivity index (χ4v) is 5.07. The number of carbonyl (C=O) groups excluding carboxylic acids is 1. The molecular formula is C26H26F3N3O3. The Kier molecular flexibility index (Phi) is 5.77. The van der Waals surface area contributed by atoms with Crippen molar-refractivity contribution >= 4 is 27.8 Å². The first-order chi connectivity index (χ1) is 16.7. The number of alkyl halides is 3. The number of fused-ring (bicyclic) bond motifs is 3. The maximum atomic E-state index is 14.4. The van der Waals surface area contributed by atoms with Crippen molar-refractivity contribution in [3.63, 3.8) is 0 Å². The van der Waals surface area contributed by atoms with Gasteiger partial charge in [-0.1, -0.05) is 37.5 Å². The van der Waals surface area contributed by atoms with Crippen LogP contribution < -0.4 is 10.6 Å². The monoisotopic (exact) mass is 485 g/mol. The second-order valence-corrected chi connectivity index (χ2v) is 9.76. The van der Waals surface area contributed by atoms with Gasteiger partial charge in [-0.05, 0) is 55.0 Å². The second kappa shape index (κ2) is 8.54. The summed E-state index contributed by atoms with van der Waals surface area (Å²) in [6.07, 6.45) is -1.02. The lowest BCUT2D eigenvalue weighted by Gasteiger charge is -2.40. The lowest BCUT2D eigenvalue weighted by atomic mass is 9.79. The predicted molar refractivity (Wildman–Crippen MR) is 123 cm³/mol. The highest BCUT2D eigenvalue weighted by Crippen LogP contribution is 2.41. The highest BCUT2D eigenvalue weighted by atomic mass is 19.4. The highest BCUT2D eigenvalue weighted by molar-refractivity contribution is 6.05. The summed E-state index contributed by atoms with van der Waals surface area (Å²) in [5.41, 5.74) is -0.936. The molecule has 35 heavy (non-hydrogen) atoms. The fourth-order valence-electron chi connectivity index (χ4n) is 5.07. The van der Waals surface area contributed by atoms with E-state index in [4.69, 9.17) is 4.42 Å². The van der Waals surface area contributed by atoms with Crippen LogP contribution in [0, 0.1) is 11.3 Å². The summed E-state index contributed by atoms with van der Waals surface area (Å²) in [6, 6.07) is 9.49. The number of hydrogen-bond acceptors (Lipinski definition) is 5. The number of nitrogens with one attached hydrogen (secondary N) is 2. The molecule has 2 fully saturated rings. The molecule has 0 bridgehead atoms. The van der Waals surface area contributed by atoms with Crippen LogP contribution in [0.5, 0.6) is 0 Å². The molecule has 0 saturated heterocycles. The number of furan rings is 1. The molecular weight excluding hydrogens is 459 g/mol. The minimum absolute atomic E-state index is 0.0504. The van der Waals surface area contributed by atoms with Crippen molar-refractivity contribution in [1.82, 2.24) is 10.6 Å². The Morgan fingerprint density at radius 3 is 2.43 bits per heavy atom. The molecule has 0 aliphatic heterocycles. The minimum atomic E-state index is -4.67. The van der Waals surface area contributed by atoms with Gasteiger partial charge in [-0.15, -0.1) is 0 Å². The number of aliphatic hydroxyl groups excluding tert-OH is 1. The first-order valence-electron chi connectivity index (χ1n) is 11.8. The molecule has 1 unspecified atom stereocenters. The molecule has 2 aliphatic carbocycles. The third kappa shape index (κ3) is 4.37. The number of hydrogen-bond donors (Lipinski definition) is 3. The topological polar surface area (TPSA) is 98.3 Å². The van der Waals surface area contributed by atoms with Crippen LogP contribution in [0.15, 0.2) is 40.8 Å². The van der Waals surface area contributed by atoms with Gasteiger partial charge < -0.3 is 14.8 Å². The van der Waals surface area contributed by atoms with E-state index < -0.39 is 29.2 Å². The SMILES string of the molecule is N#CC1(NC(=O)C2(NC(c3ccc4c(c3)oc3ccc(CO)cc34)C(F)(F)F)CCCCC2)CC1. The highest BCUT2D eigenvalue weighted by Gasteiger charge is 2.52. The quantitative estimate of drug-likeness (QED) is 0.449. The molecule has 9 heteroatoms. The van der Waals surface area contributed by atoms with Gasteiger partial charge in [-0.3, -0.25) is 10.1 Å².